The molecular formula is C11H10FNO3. The molecule has 0 atom stereocenters. The smallest absolute Gasteiger partial charge is 0.337 e. The highest BCUT2D eigenvalue weighted by Crippen LogP contribution is 2.19. The van der Waals surface area contributed by atoms with E-state index in [9.17, 15) is 14.0 Å². The fourth-order valence-electron chi connectivity index (χ4n) is 1.15. The van der Waals surface area contributed by atoms with Crippen molar-refractivity contribution in [2.24, 2.45) is 0 Å². The number of rotatable bonds is 3. The lowest BCUT2D eigenvalue weighted by molar-refractivity contribution is -0.111. The highest BCUT2D eigenvalue weighted by molar-refractivity contribution is 6.04. The number of aromatic carboxylic acids is 1. The van der Waals surface area contributed by atoms with Crippen molar-refractivity contribution >= 4 is 17.6 Å². The average molecular weight is 223 g/mol. The fourth-order valence-corrected chi connectivity index (χ4v) is 1.15. The number of hydrogen-bond acceptors (Lipinski definition) is 2. The number of para-hydroxylation sites is 1. The topological polar surface area (TPSA) is 66.4 Å². The molecule has 1 aromatic rings. The molecule has 16 heavy (non-hydrogen) atoms. The Morgan fingerprint density at radius 2 is 2.12 bits per heavy atom. The molecule has 0 aliphatic carbocycles. The maximum atomic E-state index is 13.3. The molecule has 2 N–H and O–H groups in total. The van der Waals surface area contributed by atoms with Crippen LogP contribution in [0.4, 0.5) is 10.1 Å². The molecule has 0 aliphatic rings. The molecular weight excluding hydrogens is 213 g/mol. The van der Waals surface area contributed by atoms with Crippen LogP contribution in [0.1, 0.15) is 17.3 Å². The van der Waals surface area contributed by atoms with Crippen LogP contribution < -0.4 is 5.32 Å². The van der Waals surface area contributed by atoms with E-state index >= 15 is 0 Å². The van der Waals surface area contributed by atoms with Gasteiger partial charge in [0.25, 0.3) is 0 Å². The lowest BCUT2D eigenvalue weighted by Crippen LogP contribution is -2.13. The van der Waals surface area contributed by atoms with Crippen molar-refractivity contribution in [3.63, 3.8) is 0 Å². The maximum Gasteiger partial charge on any atom is 0.337 e. The Kier molecular flexibility index (Phi) is 3.77. The van der Waals surface area contributed by atoms with Crippen molar-refractivity contribution < 1.29 is 19.1 Å². The Bertz CT molecular complexity index is 455. The Morgan fingerprint density at radius 1 is 1.44 bits per heavy atom. The van der Waals surface area contributed by atoms with Gasteiger partial charge >= 0.3 is 5.97 Å². The molecule has 4 nitrogen and oxygen atoms in total. The van der Waals surface area contributed by atoms with E-state index in [0.29, 0.717) is 0 Å². The minimum absolute atomic E-state index is 0.280. The van der Waals surface area contributed by atoms with Crippen molar-refractivity contribution in [3.05, 3.63) is 41.7 Å². The van der Waals surface area contributed by atoms with Crippen molar-refractivity contribution in [2.45, 2.75) is 6.92 Å². The highest BCUT2D eigenvalue weighted by atomic mass is 19.1. The number of carboxylic acids is 1. The summed E-state index contributed by atoms with van der Waals surface area (Å²) in [6.07, 6.45) is 2.65. The van der Waals surface area contributed by atoms with Gasteiger partial charge in [0.2, 0.25) is 5.91 Å². The van der Waals surface area contributed by atoms with Crippen LogP contribution in [0.15, 0.2) is 30.4 Å². The largest absolute Gasteiger partial charge is 0.478 e. The van der Waals surface area contributed by atoms with Crippen molar-refractivity contribution in [1.82, 2.24) is 0 Å². The summed E-state index contributed by atoms with van der Waals surface area (Å²) in [6, 6.07) is 3.57. The van der Waals surface area contributed by atoms with Gasteiger partial charge in [-0.3, -0.25) is 4.79 Å². The summed E-state index contributed by atoms with van der Waals surface area (Å²) in [5.41, 5.74) is -0.601. The SMILES string of the molecule is C/C=C/C(=O)Nc1c(F)cccc1C(=O)O. The molecule has 1 rings (SSSR count). The Morgan fingerprint density at radius 3 is 2.69 bits per heavy atom. The molecule has 84 valence electrons. The summed E-state index contributed by atoms with van der Waals surface area (Å²) in [6.45, 7) is 1.62. The number of hydrogen-bond donors (Lipinski definition) is 2. The number of anilines is 1. The van der Waals surface area contributed by atoms with Crippen molar-refractivity contribution in [1.29, 1.82) is 0 Å². The zero-order valence-electron chi connectivity index (χ0n) is 8.53. The highest BCUT2D eigenvalue weighted by Gasteiger charge is 2.15. The van der Waals surface area contributed by atoms with Crippen LogP contribution in [-0.2, 0) is 4.79 Å². The molecule has 0 aromatic heterocycles. The number of nitrogens with one attached hydrogen (secondary N) is 1. The molecule has 0 spiro atoms. The fraction of sp³-hybridized carbons (Fsp3) is 0.0909. The molecule has 0 aliphatic heterocycles. The first-order chi connectivity index (χ1) is 7.56. The summed E-state index contributed by atoms with van der Waals surface area (Å²) >= 11 is 0. The van der Waals surface area contributed by atoms with Gasteiger partial charge < -0.3 is 10.4 Å². The summed E-state index contributed by atoms with van der Waals surface area (Å²) in [5, 5.41) is 11.0. The van der Waals surface area contributed by atoms with Crippen LogP contribution in [0.25, 0.3) is 0 Å². The molecule has 0 saturated carbocycles. The number of carbonyl (C=O) groups is 2. The molecule has 0 saturated heterocycles. The number of amides is 1. The van der Waals surface area contributed by atoms with Crippen LogP contribution >= 0.6 is 0 Å². The number of benzene rings is 1. The third-order valence-corrected chi connectivity index (χ3v) is 1.81. The molecule has 0 heterocycles. The minimum Gasteiger partial charge on any atom is -0.478 e. The van der Waals surface area contributed by atoms with Crippen LogP contribution in [0, 0.1) is 5.82 Å². The molecule has 0 unspecified atom stereocenters. The molecule has 0 radical (unpaired) electrons. The van der Waals surface area contributed by atoms with Gasteiger partial charge in [0.05, 0.1) is 11.3 Å². The first kappa shape index (κ1) is 11.9. The maximum absolute atomic E-state index is 13.3. The second kappa shape index (κ2) is 5.06. The third kappa shape index (κ3) is 2.66. The third-order valence-electron chi connectivity index (χ3n) is 1.81. The van der Waals surface area contributed by atoms with E-state index in [1.54, 1.807) is 6.92 Å². The van der Waals surface area contributed by atoms with Gasteiger partial charge in [-0.2, -0.15) is 0 Å². The van der Waals surface area contributed by atoms with Gasteiger partial charge in [-0.15, -0.1) is 0 Å². The summed E-state index contributed by atoms with van der Waals surface area (Å²) in [4.78, 5) is 22.0. The van der Waals surface area contributed by atoms with E-state index in [2.05, 4.69) is 5.32 Å². The standard InChI is InChI=1S/C11H10FNO3/c1-2-4-9(14)13-10-7(11(15)16)5-3-6-8(10)12/h2-6H,1H3,(H,13,14)(H,15,16)/b4-2+. The Hall–Kier alpha value is -2.17. The van der Waals surface area contributed by atoms with Gasteiger partial charge in [0, 0.05) is 0 Å². The van der Waals surface area contributed by atoms with Crippen LogP contribution in [-0.4, -0.2) is 17.0 Å². The van der Waals surface area contributed by atoms with Crippen LogP contribution in [0.3, 0.4) is 0 Å². The zero-order chi connectivity index (χ0) is 12.1. The summed E-state index contributed by atoms with van der Waals surface area (Å²) < 4.78 is 13.3. The number of carboxylic acid groups (broad SMARTS) is 1. The number of halogens is 1. The number of allylic oxidation sites excluding steroid dienone is 1. The van der Waals surface area contributed by atoms with E-state index in [-0.39, 0.29) is 11.3 Å². The van der Waals surface area contributed by atoms with Gasteiger partial charge in [-0.05, 0) is 25.1 Å². The lowest BCUT2D eigenvalue weighted by Gasteiger charge is -2.07. The molecule has 1 amide bonds. The van der Waals surface area contributed by atoms with Gasteiger partial charge in [-0.25, -0.2) is 9.18 Å². The molecule has 5 heteroatoms. The second-order valence-corrected chi connectivity index (χ2v) is 2.96. The normalized spacial score (nSPS) is 10.4. The van der Waals surface area contributed by atoms with Crippen LogP contribution in [0.5, 0.6) is 0 Å². The van der Waals surface area contributed by atoms with E-state index in [4.69, 9.17) is 5.11 Å². The van der Waals surface area contributed by atoms with E-state index in [1.165, 1.54) is 24.3 Å². The lowest BCUT2D eigenvalue weighted by atomic mass is 10.1. The van der Waals surface area contributed by atoms with Crippen LogP contribution in [0.2, 0.25) is 0 Å². The summed E-state index contributed by atoms with van der Waals surface area (Å²) in [5.74, 6) is -2.65. The van der Waals surface area contributed by atoms with Crippen molar-refractivity contribution in [2.75, 3.05) is 5.32 Å². The summed E-state index contributed by atoms with van der Waals surface area (Å²) in [7, 11) is 0. The quantitative estimate of drug-likeness (QED) is 0.770. The Balaban J connectivity index is 3.11. The van der Waals surface area contributed by atoms with E-state index in [1.807, 2.05) is 0 Å². The monoisotopic (exact) mass is 223 g/mol. The minimum atomic E-state index is -1.30. The molecule has 0 fully saturated rings. The Labute approximate surface area is 91.4 Å². The zero-order valence-corrected chi connectivity index (χ0v) is 8.53. The first-order valence-corrected chi connectivity index (χ1v) is 4.51. The number of carbonyl (C=O) groups excluding carboxylic acids is 1. The molecule has 0 bridgehead atoms. The van der Waals surface area contributed by atoms with Gasteiger partial charge in [0.15, 0.2) is 0 Å². The first-order valence-electron chi connectivity index (χ1n) is 4.51. The van der Waals surface area contributed by atoms with Gasteiger partial charge in [-0.1, -0.05) is 12.1 Å². The van der Waals surface area contributed by atoms with Gasteiger partial charge in [0.1, 0.15) is 5.82 Å². The molecule has 1 aromatic carbocycles. The second-order valence-electron chi connectivity index (χ2n) is 2.96. The van der Waals surface area contributed by atoms with E-state index < -0.39 is 17.7 Å². The van der Waals surface area contributed by atoms with E-state index in [0.717, 1.165) is 6.07 Å². The average Bonchev–Trinajstić information content (AvgIpc) is 2.21. The van der Waals surface area contributed by atoms with Crippen molar-refractivity contribution in [3.8, 4) is 0 Å². The predicted octanol–water partition coefficient (Wildman–Crippen LogP) is 2.04. The predicted molar refractivity (Wildman–Crippen MR) is 56.8 cm³/mol.